The molecule has 84 valence electrons. The summed E-state index contributed by atoms with van der Waals surface area (Å²) >= 11 is 0. The first kappa shape index (κ1) is 11.8. The molecule has 0 amide bonds. The minimum absolute atomic E-state index is 0.308. The predicted molar refractivity (Wildman–Crippen MR) is 45.4 cm³/mol. The molecule has 1 rings (SSSR count). The molecular formula is C8H16O6. The molecule has 0 aliphatic carbocycles. The quantitative estimate of drug-likeness (QED) is 0.421. The number of aliphatic hydroxyl groups excluding tert-OH is 4. The van der Waals surface area contributed by atoms with Crippen LogP contribution < -0.4 is 0 Å². The highest BCUT2D eigenvalue weighted by atomic mass is 16.7. The Morgan fingerprint density at radius 1 is 1.14 bits per heavy atom. The van der Waals surface area contributed by atoms with Crippen molar-refractivity contribution < 1.29 is 29.9 Å². The summed E-state index contributed by atoms with van der Waals surface area (Å²) < 4.78 is 10.0. The van der Waals surface area contributed by atoms with Crippen LogP contribution in [0.3, 0.4) is 0 Å². The zero-order valence-electron chi connectivity index (χ0n) is 7.91. The molecule has 1 aliphatic rings. The molecule has 4 N–H and O–H groups in total. The van der Waals surface area contributed by atoms with Gasteiger partial charge in [0, 0.05) is 6.61 Å². The van der Waals surface area contributed by atoms with Gasteiger partial charge in [0.25, 0.3) is 0 Å². The van der Waals surface area contributed by atoms with Crippen molar-refractivity contribution in [2.24, 2.45) is 0 Å². The number of ether oxygens (including phenoxy) is 2. The third-order valence-corrected chi connectivity index (χ3v) is 2.18. The first-order chi connectivity index (χ1) is 6.61. The van der Waals surface area contributed by atoms with Gasteiger partial charge in [-0.1, -0.05) is 0 Å². The molecule has 0 saturated carbocycles. The SMILES string of the molecule is CCO[C@H]1OC(CO)[C@H](O)C(O)[C@@H]1O. The lowest BCUT2D eigenvalue weighted by atomic mass is 9.99. The van der Waals surface area contributed by atoms with E-state index in [1.807, 2.05) is 0 Å². The molecule has 6 heteroatoms. The Morgan fingerprint density at radius 3 is 2.29 bits per heavy atom. The smallest absolute Gasteiger partial charge is 0.186 e. The highest BCUT2D eigenvalue weighted by molar-refractivity contribution is 4.88. The topological polar surface area (TPSA) is 99.4 Å². The molecular weight excluding hydrogens is 192 g/mol. The number of rotatable bonds is 3. The van der Waals surface area contributed by atoms with Crippen molar-refractivity contribution in [3.8, 4) is 0 Å². The van der Waals surface area contributed by atoms with Crippen LogP contribution in [0.1, 0.15) is 6.92 Å². The second-order valence-electron chi connectivity index (χ2n) is 3.15. The van der Waals surface area contributed by atoms with Crippen LogP contribution in [-0.4, -0.2) is 64.3 Å². The second kappa shape index (κ2) is 5.01. The highest BCUT2D eigenvalue weighted by Crippen LogP contribution is 2.21. The minimum atomic E-state index is -1.36. The molecule has 0 aromatic rings. The van der Waals surface area contributed by atoms with Gasteiger partial charge in [0.1, 0.15) is 24.4 Å². The van der Waals surface area contributed by atoms with E-state index in [0.29, 0.717) is 6.61 Å². The zero-order chi connectivity index (χ0) is 10.7. The predicted octanol–water partition coefficient (Wildman–Crippen LogP) is -2.18. The van der Waals surface area contributed by atoms with Crippen molar-refractivity contribution in [3.63, 3.8) is 0 Å². The van der Waals surface area contributed by atoms with Crippen molar-refractivity contribution in [3.05, 3.63) is 0 Å². The van der Waals surface area contributed by atoms with Gasteiger partial charge in [-0.3, -0.25) is 0 Å². The molecule has 1 saturated heterocycles. The van der Waals surface area contributed by atoms with Gasteiger partial charge in [0.05, 0.1) is 6.61 Å². The summed E-state index contributed by atoms with van der Waals surface area (Å²) in [6.07, 6.45) is -5.89. The average Bonchev–Trinajstić information content (AvgIpc) is 2.19. The lowest BCUT2D eigenvalue weighted by Gasteiger charge is -2.39. The molecule has 1 fully saturated rings. The Labute approximate surface area is 81.7 Å². The monoisotopic (exact) mass is 208 g/mol. The zero-order valence-corrected chi connectivity index (χ0v) is 7.91. The Bertz CT molecular complexity index is 171. The van der Waals surface area contributed by atoms with E-state index in [-0.39, 0.29) is 0 Å². The average molecular weight is 208 g/mol. The lowest BCUT2D eigenvalue weighted by Crippen LogP contribution is -2.59. The first-order valence-electron chi connectivity index (χ1n) is 4.54. The molecule has 6 nitrogen and oxygen atoms in total. The third-order valence-electron chi connectivity index (χ3n) is 2.18. The van der Waals surface area contributed by atoms with Gasteiger partial charge in [0.2, 0.25) is 0 Å². The van der Waals surface area contributed by atoms with E-state index < -0.39 is 37.3 Å². The van der Waals surface area contributed by atoms with Crippen molar-refractivity contribution in [2.45, 2.75) is 37.6 Å². The summed E-state index contributed by atoms with van der Waals surface area (Å²) in [5.74, 6) is 0. The number of hydrogen-bond acceptors (Lipinski definition) is 6. The molecule has 2 unspecified atom stereocenters. The molecule has 0 radical (unpaired) electrons. The van der Waals surface area contributed by atoms with Crippen molar-refractivity contribution in [1.82, 2.24) is 0 Å². The molecule has 0 aromatic heterocycles. The molecule has 0 bridgehead atoms. The summed E-state index contributed by atoms with van der Waals surface area (Å²) in [5, 5.41) is 36.9. The lowest BCUT2D eigenvalue weighted by molar-refractivity contribution is -0.300. The van der Waals surface area contributed by atoms with Crippen LogP contribution in [0, 0.1) is 0 Å². The number of hydrogen-bond donors (Lipinski definition) is 4. The van der Waals surface area contributed by atoms with Crippen LogP contribution in [0.25, 0.3) is 0 Å². The molecule has 14 heavy (non-hydrogen) atoms. The summed E-state index contributed by atoms with van der Waals surface area (Å²) in [7, 11) is 0. The largest absolute Gasteiger partial charge is 0.394 e. The van der Waals surface area contributed by atoms with Gasteiger partial charge in [-0.15, -0.1) is 0 Å². The van der Waals surface area contributed by atoms with Crippen LogP contribution in [0.4, 0.5) is 0 Å². The maximum absolute atomic E-state index is 9.41. The van der Waals surface area contributed by atoms with Gasteiger partial charge >= 0.3 is 0 Å². The third kappa shape index (κ3) is 2.22. The maximum Gasteiger partial charge on any atom is 0.186 e. The van der Waals surface area contributed by atoms with Gasteiger partial charge in [-0.25, -0.2) is 0 Å². The Balaban J connectivity index is 2.63. The summed E-state index contributed by atoms with van der Waals surface area (Å²) in [6.45, 7) is 1.58. The summed E-state index contributed by atoms with van der Waals surface area (Å²) in [4.78, 5) is 0. The molecule has 1 aliphatic heterocycles. The maximum atomic E-state index is 9.41. The minimum Gasteiger partial charge on any atom is -0.394 e. The van der Waals surface area contributed by atoms with Crippen LogP contribution >= 0.6 is 0 Å². The molecule has 0 aromatic carbocycles. The van der Waals surface area contributed by atoms with Gasteiger partial charge in [-0.2, -0.15) is 0 Å². The highest BCUT2D eigenvalue weighted by Gasteiger charge is 2.43. The van der Waals surface area contributed by atoms with E-state index in [0.717, 1.165) is 0 Å². The second-order valence-corrected chi connectivity index (χ2v) is 3.15. The van der Waals surface area contributed by atoms with Crippen LogP contribution in [0.15, 0.2) is 0 Å². The van der Waals surface area contributed by atoms with E-state index in [4.69, 9.17) is 14.6 Å². The summed E-state index contributed by atoms with van der Waals surface area (Å²) in [6, 6.07) is 0. The van der Waals surface area contributed by atoms with Crippen LogP contribution in [0.5, 0.6) is 0 Å². The summed E-state index contributed by atoms with van der Waals surface area (Å²) in [5.41, 5.74) is 0. The first-order valence-corrected chi connectivity index (χ1v) is 4.54. The fourth-order valence-corrected chi connectivity index (χ4v) is 1.37. The van der Waals surface area contributed by atoms with Gasteiger partial charge in [-0.05, 0) is 6.92 Å². The van der Waals surface area contributed by atoms with Crippen molar-refractivity contribution in [1.29, 1.82) is 0 Å². The molecule has 1 heterocycles. The number of aliphatic hydroxyl groups is 4. The molecule has 0 spiro atoms. The van der Waals surface area contributed by atoms with Crippen molar-refractivity contribution in [2.75, 3.05) is 13.2 Å². The fraction of sp³-hybridized carbons (Fsp3) is 1.00. The van der Waals surface area contributed by atoms with E-state index >= 15 is 0 Å². The van der Waals surface area contributed by atoms with Crippen LogP contribution in [-0.2, 0) is 9.47 Å². The fourth-order valence-electron chi connectivity index (χ4n) is 1.37. The van der Waals surface area contributed by atoms with E-state index in [1.54, 1.807) is 6.92 Å². The van der Waals surface area contributed by atoms with E-state index in [9.17, 15) is 15.3 Å². The van der Waals surface area contributed by atoms with Gasteiger partial charge < -0.3 is 29.9 Å². The normalized spacial score (nSPS) is 43.9. The standard InChI is InChI=1S/C8H16O6/c1-2-13-8-7(12)6(11)5(10)4(3-9)14-8/h4-12H,2-3H2,1H3/t4?,5-,6?,7-,8-/m0/s1. The van der Waals surface area contributed by atoms with E-state index in [2.05, 4.69) is 0 Å². The Kier molecular flexibility index (Phi) is 4.24. The molecule has 5 atom stereocenters. The van der Waals surface area contributed by atoms with Crippen LogP contribution in [0.2, 0.25) is 0 Å². The van der Waals surface area contributed by atoms with Gasteiger partial charge in [0.15, 0.2) is 6.29 Å². The van der Waals surface area contributed by atoms with E-state index in [1.165, 1.54) is 0 Å². The van der Waals surface area contributed by atoms with Crippen molar-refractivity contribution >= 4 is 0 Å². The Morgan fingerprint density at radius 2 is 1.79 bits per heavy atom. The Hall–Kier alpha value is -0.240.